The monoisotopic (exact) mass is 244 g/mol. The molecule has 0 atom stereocenters. The molecule has 0 aromatic carbocycles. The summed E-state index contributed by atoms with van der Waals surface area (Å²) in [5.74, 6) is 0. The molecule has 0 saturated carbocycles. The Kier molecular flexibility index (Phi) is 23.6. The Morgan fingerprint density at radius 1 is 1.12 bits per heavy atom. The van der Waals surface area contributed by atoms with Crippen LogP contribution in [-0.2, 0) is 25.6 Å². The molecule has 52 valence electrons. The second-order valence-electron chi connectivity index (χ2n) is 0.513. The van der Waals surface area contributed by atoms with Gasteiger partial charge in [0, 0.05) is 21.1 Å². The van der Waals surface area contributed by atoms with Gasteiger partial charge in [-0.05, 0) is 0 Å². The first kappa shape index (κ1) is 22.8. The Hall–Kier alpha value is 1.29. The summed E-state index contributed by atoms with van der Waals surface area (Å²) in [6.45, 7) is 0. The standard InChI is InChI=1S/Al.Mo.H3O4P.H2O.3H/c;;1-5(2,3)4;;;;/h;;(H3,1,2,3,4);1H2;;;. The number of hydrogen-bond acceptors (Lipinski definition) is 1. The van der Waals surface area contributed by atoms with Gasteiger partial charge in [0.05, 0.1) is 0 Å². The van der Waals surface area contributed by atoms with E-state index in [0.717, 1.165) is 0 Å². The van der Waals surface area contributed by atoms with Crippen molar-refractivity contribution in [2.75, 3.05) is 0 Å². The third kappa shape index (κ3) is 173. The molecule has 0 spiro atoms. The molecule has 0 aliphatic rings. The fourth-order valence-electron chi connectivity index (χ4n) is 0. The minimum absolute atomic E-state index is 0. The molecule has 8 heavy (non-hydrogen) atoms. The minimum atomic E-state index is -4.64. The molecule has 0 aromatic heterocycles. The normalized spacial score (nSPS) is 7.38. The van der Waals surface area contributed by atoms with Crippen LogP contribution in [0.15, 0.2) is 0 Å². The van der Waals surface area contributed by atoms with Gasteiger partial charge < -0.3 is 20.2 Å². The zero-order valence-electron chi connectivity index (χ0n) is 3.11. The maximum atomic E-state index is 8.88. The van der Waals surface area contributed by atoms with E-state index in [1.807, 2.05) is 0 Å². The predicted octanol–water partition coefficient (Wildman–Crippen LogP) is -2.94. The van der Waals surface area contributed by atoms with Crippen molar-refractivity contribution >= 4 is 25.2 Å². The first-order valence-corrected chi connectivity index (χ1v) is 2.35. The van der Waals surface area contributed by atoms with E-state index in [4.69, 9.17) is 19.2 Å². The van der Waals surface area contributed by atoms with Crippen molar-refractivity contribution in [3.05, 3.63) is 0 Å². The van der Waals surface area contributed by atoms with E-state index < -0.39 is 7.82 Å². The average molecular weight is 242 g/mol. The van der Waals surface area contributed by atoms with Crippen molar-refractivity contribution in [1.29, 1.82) is 0 Å². The maximum absolute atomic E-state index is 8.88. The zero-order valence-corrected chi connectivity index (χ0v) is 6.01. The van der Waals surface area contributed by atoms with Gasteiger partial charge in [0.25, 0.3) is 0 Å². The quantitative estimate of drug-likeness (QED) is 0.312. The molecule has 0 unspecified atom stereocenters. The summed E-state index contributed by atoms with van der Waals surface area (Å²) in [6.07, 6.45) is 0. The van der Waals surface area contributed by atoms with Gasteiger partial charge in [0.1, 0.15) is 0 Å². The summed E-state index contributed by atoms with van der Waals surface area (Å²) >= 11 is 0. The van der Waals surface area contributed by atoms with E-state index in [1.165, 1.54) is 0 Å². The van der Waals surface area contributed by atoms with Gasteiger partial charge >= 0.3 is 7.82 Å². The molecule has 5 nitrogen and oxygen atoms in total. The van der Waals surface area contributed by atoms with E-state index >= 15 is 0 Å². The van der Waals surface area contributed by atoms with E-state index in [0.29, 0.717) is 0 Å². The van der Waals surface area contributed by atoms with Crippen LogP contribution in [0.3, 0.4) is 0 Å². The fourth-order valence-corrected chi connectivity index (χ4v) is 0. The first-order chi connectivity index (χ1) is 2.00. The van der Waals surface area contributed by atoms with Crippen molar-refractivity contribution in [3.8, 4) is 0 Å². The summed E-state index contributed by atoms with van der Waals surface area (Å²) in [4.78, 5) is 21.6. The predicted molar refractivity (Wildman–Crippen MR) is 27.8 cm³/mol. The van der Waals surface area contributed by atoms with Crippen molar-refractivity contribution in [2.24, 2.45) is 0 Å². The summed E-state index contributed by atoms with van der Waals surface area (Å²) in [6, 6.07) is 0. The van der Waals surface area contributed by atoms with E-state index in [1.54, 1.807) is 0 Å². The van der Waals surface area contributed by atoms with Gasteiger partial charge in [0.2, 0.25) is 0 Å². The number of rotatable bonds is 0. The minimum Gasteiger partial charge on any atom is -0.412 e. The molecule has 0 amide bonds. The second kappa shape index (κ2) is 8.29. The van der Waals surface area contributed by atoms with Crippen molar-refractivity contribution < 1.29 is 45.8 Å². The Labute approximate surface area is 71.0 Å². The molecule has 0 bridgehead atoms. The van der Waals surface area contributed by atoms with Crippen LogP contribution in [0.1, 0.15) is 0 Å². The second-order valence-corrected chi connectivity index (χ2v) is 1.54. The van der Waals surface area contributed by atoms with Crippen molar-refractivity contribution in [3.63, 3.8) is 0 Å². The van der Waals surface area contributed by atoms with Crippen LogP contribution in [0.2, 0.25) is 0 Å². The number of hydrogen-bond donors (Lipinski definition) is 3. The smallest absolute Gasteiger partial charge is 0.412 e. The zero-order chi connectivity index (χ0) is 4.50. The fraction of sp³-hybridized carbons (Fsp3) is 0. The van der Waals surface area contributed by atoms with Crippen LogP contribution in [-0.4, -0.2) is 37.5 Å². The maximum Gasteiger partial charge on any atom is 0.466 e. The molecule has 0 aromatic rings. The topological polar surface area (TPSA) is 109 Å². The molecule has 0 radical (unpaired) electrons. The molecule has 0 fully saturated rings. The van der Waals surface area contributed by atoms with E-state index in [9.17, 15) is 0 Å². The van der Waals surface area contributed by atoms with Gasteiger partial charge in [-0.3, -0.25) is 0 Å². The first-order valence-electron chi connectivity index (χ1n) is 0.783. The van der Waals surface area contributed by atoms with Crippen LogP contribution in [0.4, 0.5) is 0 Å². The third-order valence-electron chi connectivity index (χ3n) is 0. The molecule has 0 saturated heterocycles. The van der Waals surface area contributed by atoms with Gasteiger partial charge in [0.15, 0.2) is 17.4 Å². The van der Waals surface area contributed by atoms with Crippen LogP contribution in [0, 0.1) is 0 Å². The Balaban J connectivity index is -0.0000000267. The van der Waals surface area contributed by atoms with Crippen LogP contribution < -0.4 is 0 Å². The molecule has 0 rings (SSSR count). The SMILES string of the molecule is O.O=P(O)(O)O.[AlH3].[Mo]. The Bertz CT molecular complexity index is 58.6. The Morgan fingerprint density at radius 3 is 1.12 bits per heavy atom. The molecule has 0 aliphatic heterocycles. The van der Waals surface area contributed by atoms with Gasteiger partial charge in [-0.25, -0.2) is 4.57 Å². The third-order valence-corrected chi connectivity index (χ3v) is 0. The van der Waals surface area contributed by atoms with Crippen molar-refractivity contribution in [1.82, 2.24) is 0 Å². The molecular formula is H8AlMoO5P. The number of phosphoric acid groups is 1. The molecule has 8 heteroatoms. The molecular weight excluding hydrogens is 234 g/mol. The summed E-state index contributed by atoms with van der Waals surface area (Å²) in [5.41, 5.74) is 0. The molecule has 5 N–H and O–H groups in total. The van der Waals surface area contributed by atoms with Crippen molar-refractivity contribution in [2.45, 2.75) is 0 Å². The molecule has 0 aliphatic carbocycles. The van der Waals surface area contributed by atoms with E-state index in [2.05, 4.69) is 0 Å². The van der Waals surface area contributed by atoms with Gasteiger partial charge in [-0.1, -0.05) is 0 Å². The van der Waals surface area contributed by atoms with Gasteiger partial charge in [-0.15, -0.1) is 0 Å². The largest absolute Gasteiger partial charge is 0.466 e. The summed E-state index contributed by atoms with van der Waals surface area (Å²) in [5, 5.41) is 0. The Morgan fingerprint density at radius 2 is 1.12 bits per heavy atom. The van der Waals surface area contributed by atoms with Crippen LogP contribution in [0.5, 0.6) is 0 Å². The van der Waals surface area contributed by atoms with E-state index in [-0.39, 0.29) is 43.9 Å². The van der Waals surface area contributed by atoms with Gasteiger partial charge in [-0.2, -0.15) is 0 Å². The summed E-state index contributed by atoms with van der Waals surface area (Å²) < 4.78 is 8.88. The summed E-state index contributed by atoms with van der Waals surface area (Å²) in [7, 11) is -4.64. The molecule has 0 heterocycles. The average Bonchev–Trinajstić information content (AvgIpc) is 0.722. The van der Waals surface area contributed by atoms with Crippen LogP contribution >= 0.6 is 7.82 Å². The van der Waals surface area contributed by atoms with Crippen LogP contribution in [0.25, 0.3) is 0 Å².